The molecule has 1 N–H and O–H groups in total. The molecular formula is C13H27NO4S2. The number of hydrogen-bond acceptors (Lipinski definition) is 4. The lowest BCUT2D eigenvalue weighted by Crippen LogP contribution is -2.35. The summed E-state index contributed by atoms with van der Waals surface area (Å²) in [6.07, 6.45) is 11.7. The minimum atomic E-state index is -4.22. The fourth-order valence-electron chi connectivity index (χ4n) is 2.48. The van der Waals surface area contributed by atoms with Crippen LogP contribution < -0.4 is 4.72 Å². The second-order valence-electron chi connectivity index (χ2n) is 5.97. The molecule has 1 aliphatic carbocycles. The lowest BCUT2D eigenvalue weighted by molar-refractivity contribution is 0.171. The normalized spacial score (nSPS) is 25.1. The summed E-state index contributed by atoms with van der Waals surface area (Å²) in [5, 5.41) is 0. The average molecular weight is 325 g/mol. The van der Waals surface area contributed by atoms with Gasteiger partial charge in [0.25, 0.3) is 0 Å². The molecule has 7 heteroatoms. The molecule has 2 aliphatic rings. The Morgan fingerprint density at radius 1 is 1.15 bits per heavy atom. The molecule has 0 aromatic rings. The van der Waals surface area contributed by atoms with Crippen molar-refractivity contribution in [2.75, 3.05) is 19.1 Å². The van der Waals surface area contributed by atoms with Crippen molar-refractivity contribution in [2.45, 2.75) is 56.4 Å². The van der Waals surface area contributed by atoms with Crippen LogP contribution in [0.15, 0.2) is 0 Å². The van der Waals surface area contributed by atoms with Gasteiger partial charge in [0.05, 0.1) is 19.1 Å². The van der Waals surface area contributed by atoms with Crippen molar-refractivity contribution in [3.8, 4) is 0 Å². The molecule has 2 rings (SSSR count). The fourth-order valence-corrected chi connectivity index (χ4v) is 4.39. The second kappa shape index (κ2) is 7.89. The van der Waals surface area contributed by atoms with Crippen LogP contribution in [0.3, 0.4) is 0 Å². The SMILES string of the molecule is C=[S+](C)(C)C1CCCO1.O=S(=O)([O-])NC1CCCCC1. The minimum absolute atomic E-state index is 0.105. The van der Waals surface area contributed by atoms with E-state index in [9.17, 15) is 13.0 Å². The average Bonchev–Trinajstić information content (AvgIpc) is 2.81. The van der Waals surface area contributed by atoms with Gasteiger partial charge in [-0.25, -0.2) is 13.1 Å². The van der Waals surface area contributed by atoms with Crippen molar-refractivity contribution < 1.29 is 17.7 Å². The predicted octanol–water partition coefficient (Wildman–Crippen LogP) is 1.34. The molecule has 0 aromatic heterocycles. The smallest absolute Gasteiger partial charge is 0.184 e. The van der Waals surface area contributed by atoms with Gasteiger partial charge < -0.3 is 9.29 Å². The van der Waals surface area contributed by atoms with Gasteiger partial charge in [-0.15, -0.1) is 9.62 Å². The van der Waals surface area contributed by atoms with E-state index in [4.69, 9.17) is 4.74 Å². The fraction of sp³-hybridized carbons (Fsp3) is 0.923. The summed E-state index contributed by atoms with van der Waals surface area (Å²) in [4.78, 5) is 0. The van der Waals surface area contributed by atoms with Crippen LogP contribution in [0.2, 0.25) is 0 Å². The largest absolute Gasteiger partial charge is 0.735 e. The first-order valence-electron chi connectivity index (χ1n) is 7.08. The molecule has 1 saturated heterocycles. The molecule has 0 bridgehead atoms. The number of ether oxygens (including phenoxy) is 1. The Labute approximate surface area is 124 Å². The second-order valence-corrected chi connectivity index (χ2v) is 10.9. The van der Waals surface area contributed by atoms with Crippen LogP contribution in [0.1, 0.15) is 44.9 Å². The molecule has 0 radical (unpaired) electrons. The van der Waals surface area contributed by atoms with Gasteiger partial charge in [-0.2, -0.15) is 0 Å². The van der Waals surface area contributed by atoms with E-state index < -0.39 is 19.9 Å². The molecule has 1 aliphatic heterocycles. The highest BCUT2D eigenvalue weighted by Gasteiger charge is 2.26. The molecule has 0 amide bonds. The molecule has 1 heterocycles. The Balaban J connectivity index is 0.000000204. The van der Waals surface area contributed by atoms with E-state index in [-0.39, 0.29) is 6.04 Å². The summed E-state index contributed by atoms with van der Waals surface area (Å²) in [7, 11) is -4.90. The van der Waals surface area contributed by atoms with Crippen LogP contribution in [0.5, 0.6) is 0 Å². The van der Waals surface area contributed by atoms with E-state index in [0.29, 0.717) is 5.44 Å². The maximum atomic E-state index is 10.2. The maximum absolute atomic E-state index is 10.2. The number of hydrogen-bond donors (Lipinski definition) is 1. The van der Waals surface area contributed by atoms with Crippen LogP contribution in [0, 0.1) is 0 Å². The molecule has 1 unspecified atom stereocenters. The molecule has 120 valence electrons. The zero-order chi connectivity index (χ0) is 15.2. The van der Waals surface area contributed by atoms with Crippen LogP contribution in [-0.4, -0.2) is 49.4 Å². The van der Waals surface area contributed by atoms with Crippen molar-refractivity contribution in [3.63, 3.8) is 0 Å². The third-order valence-electron chi connectivity index (χ3n) is 3.52. The van der Waals surface area contributed by atoms with Crippen LogP contribution in [0.25, 0.3) is 0 Å². The Morgan fingerprint density at radius 3 is 2.10 bits per heavy atom. The Hall–Kier alpha value is 0.0500. The first-order valence-corrected chi connectivity index (χ1v) is 11.2. The lowest BCUT2D eigenvalue weighted by atomic mass is 9.96. The third-order valence-corrected chi connectivity index (χ3v) is 5.93. The summed E-state index contributed by atoms with van der Waals surface area (Å²) < 4.78 is 38.3. The zero-order valence-electron chi connectivity index (χ0n) is 12.5. The Kier molecular flexibility index (Phi) is 7.14. The topological polar surface area (TPSA) is 78.5 Å². The van der Waals surface area contributed by atoms with E-state index in [1.165, 1.54) is 12.8 Å². The van der Waals surface area contributed by atoms with Gasteiger partial charge in [-0.3, -0.25) is 0 Å². The van der Waals surface area contributed by atoms with E-state index in [1.54, 1.807) is 0 Å². The van der Waals surface area contributed by atoms with E-state index in [0.717, 1.165) is 38.7 Å². The minimum Gasteiger partial charge on any atom is -0.735 e. The van der Waals surface area contributed by atoms with E-state index in [2.05, 4.69) is 23.1 Å². The van der Waals surface area contributed by atoms with E-state index in [1.807, 2.05) is 0 Å². The molecule has 20 heavy (non-hydrogen) atoms. The molecular weight excluding hydrogens is 298 g/mol. The highest BCUT2D eigenvalue weighted by atomic mass is 32.2. The summed E-state index contributed by atoms with van der Waals surface area (Å²) >= 11 is 0. The van der Waals surface area contributed by atoms with Gasteiger partial charge in [0.1, 0.15) is 0 Å². The lowest BCUT2D eigenvalue weighted by Gasteiger charge is -2.23. The van der Waals surface area contributed by atoms with Gasteiger partial charge in [-0.05, 0) is 19.3 Å². The quantitative estimate of drug-likeness (QED) is 0.482. The number of nitrogens with one attached hydrogen (secondary N) is 1. The summed E-state index contributed by atoms with van der Waals surface area (Å²) in [5.74, 6) is 4.11. The molecule has 2 fully saturated rings. The summed E-state index contributed by atoms with van der Waals surface area (Å²) in [6, 6.07) is -0.105. The Bertz CT molecular complexity index is 418. The van der Waals surface area contributed by atoms with Crippen molar-refractivity contribution in [1.29, 1.82) is 0 Å². The standard InChI is InChI=1S/C7H15OS.C6H13NO3S/c1-9(2,3)7-5-4-6-8-7;8-11(9,10)7-6-4-2-1-3-5-6/h7H,1,4-6H2,2-3H3;6-7H,1-5H2,(H,8,9,10)/q+1;/p-1. The monoisotopic (exact) mass is 325 g/mol. The summed E-state index contributed by atoms with van der Waals surface area (Å²) in [5.41, 5.74) is 0.484. The number of rotatable bonds is 3. The van der Waals surface area contributed by atoms with E-state index >= 15 is 0 Å². The first kappa shape index (κ1) is 18.1. The third kappa shape index (κ3) is 7.73. The van der Waals surface area contributed by atoms with Gasteiger partial charge in [-0.1, -0.05) is 19.3 Å². The van der Waals surface area contributed by atoms with Crippen molar-refractivity contribution in [1.82, 2.24) is 4.72 Å². The molecule has 0 aromatic carbocycles. The Morgan fingerprint density at radius 2 is 1.75 bits per heavy atom. The molecule has 1 atom stereocenters. The van der Waals surface area contributed by atoms with Gasteiger partial charge in [0, 0.05) is 18.3 Å². The van der Waals surface area contributed by atoms with Gasteiger partial charge in [0.15, 0.2) is 15.7 Å². The van der Waals surface area contributed by atoms with Crippen molar-refractivity contribution in [3.05, 3.63) is 0 Å². The zero-order valence-corrected chi connectivity index (χ0v) is 14.1. The van der Waals surface area contributed by atoms with Crippen LogP contribution >= 0.6 is 0 Å². The van der Waals surface area contributed by atoms with Gasteiger partial charge >= 0.3 is 0 Å². The predicted molar refractivity (Wildman–Crippen MR) is 85.0 cm³/mol. The maximum Gasteiger partial charge on any atom is 0.184 e. The van der Waals surface area contributed by atoms with Crippen LogP contribution in [0.4, 0.5) is 0 Å². The molecule has 1 saturated carbocycles. The molecule has 0 spiro atoms. The first-order chi connectivity index (χ1) is 9.18. The van der Waals surface area contributed by atoms with Gasteiger partial charge in [0.2, 0.25) is 0 Å². The van der Waals surface area contributed by atoms with Crippen molar-refractivity contribution >= 4 is 25.8 Å². The highest BCUT2D eigenvalue weighted by Crippen LogP contribution is 2.20. The van der Waals surface area contributed by atoms with Crippen LogP contribution in [-0.2, 0) is 24.7 Å². The molecule has 5 nitrogen and oxygen atoms in total. The van der Waals surface area contributed by atoms with Crippen molar-refractivity contribution in [2.24, 2.45) is 0 Å². The highest BCUT2D eigenvalue weighted by molar-refractivity contribution is 8.10. The summed E-state index contributed by atoms with van der Waals surface area (Å²) in [6.45, 7) is 0.955.